The fourth-order valence-electron chi connectivity index (χ4n) is 4.61. The zero-order valence-electron chi connectivity index (χ0n) is 15.2. The third kappa shape index (κ3) is 2.70. The van der Waals surface area contributed by atoms with E-state index in [0.29, 0.717) is 25.4 Å². The minimum Gasteiger partial charge on any atom is -0.447 e. The van der Waals surface area contributed by atoms with Crippen LogP contribution in [-0.2, 0) is 9.53 Å². The summed E-state index contributed by atoms with van der Waals surface area (Å²) in [6.07, 6.45) is 3.21. The van der Waals surface area contributed by atoms with E-state index < -0.39 is 0 Å². The predicted octanol–water partition coefficient (Wildman–Crippen LogP) is 2.90. The van der Waals surface area contributed by atoms with Gasteiger partial charge < -0.3 is 15.0 Å². The van der Waals surface area contributed by atoms with Crippen LogP contribution in [0.5, 0.6) is 0 Å². The Bertz CT molecular complexity index is 718. The van der Waals surface area contributed by atoms with E-state index in [9.17, 15) is 9.59 Å². The molecular formula is C20H26N2O3. The highest BCUT2D eigenvalue weighted by molar-refractivity contribution is 5.81. The van der Waals surface area contributed by atoms with E-state index >= 15 is 0 Å². The van der Waals surface area contributed by atoms with Crippen molar-refractivity contribution in [1.29, 1.82) is 0 Å². The van der Waals surface area contributed by atoms with Gasteiger partial charge in [-0.25, -0.2) is 4.79 Å². The number of hydrogen-bond acceptors (Lipinski definition) is 3. The van der Waals surface area contributed by atoms with Gasteiger partial charge in [-0.1, -0.05) is 23.8 Å². The minimum absolute atomic E-state index is 0.0112. The number of amides is 2. The van der Waals surface area contributed by atoms with Gasteiger partial charge in [0.25, 0.3) is 0 Å². The first-order chi connectivity index (χ1) is 11.9. The van der Waals surface area contributed by atoms with Gasteiger partial charge in [0.1, 0.15) is 6.61 Å². The van der Waals surface area contributed by atoms with Crippen LogP contribution in [0, 0.1) is 19.8 Å². The molecule has 1 spiro atoms. The van der Waals surface area contributed by atoms with E-state index in [1.54, 1.807) is 11.9 Å². The molecule has 25 heavy (non-hydrogen) atoms. The van der Waals surface area contributed by atoms with E-state index in [1.807, 2.05) is 0 Å². The molecule has 3 fully saturated rings. The largest absolute Gasteiger partial charge is 0.447 e. The van der Waals surface area contributed by atoms with Gasteiger partial charge in [0.05, 0.1) is 5.54 Å². The Morgan fingerprint density at radius 2 is 2.00 bits per heavy atom. The van der Waals surface area contributed by atoms with Crippen molar-refractivity contribution in [3.05, 3.63) is 34.9 Å². The van der Waals surface area contributed by atoms with E-state index in [4.69, 9.17) is 4.74 Å². The zero-order valence-corrected chi connectivity index (χ0v) is 15.2. The summed E-state index contributed by atoms with van der Waals surface area (Å²) in [7, 11) is 1.77. The average Bonchev–Trinajstić information content (AvgIpc) is 2.78. The van der Waals surface area contributed by atoms with Gasteiger partial charge in [0.2, 0.25) is 5.91 Å². The molecule has 2 aliphatic carbocycles. The van der Waals surface area contributed by atoms with Crippen molar-refractivity contribution in [2.24, 2.45) is 5.92 Å². The number of rotatable bonds is 3. The summed E-state index contributed by atoms with van der Waals surface area (Å²) in [6.45, 7) is 4.71. The fraction of sp³-hybridized carbons (Fsp3) is 0.600. The molecule has 0 bridgehead atoms. The van der Waals surface area contributed by atoms with E-state index in [1.165, 1.54) is 16.7 Å². The van der Waals surface area contributed by atoms with Gasteiger partial charge in [0.15, 0.2) is 0 Å². The maximum Gasteiger partial charge on any atom is 0.410 e. The number of nitrogens with one attached hydrogen (secondary N) is 1. The number of cyclic esters (lactones) is 1. The average molecular weight is 342 g/mol. The maximum absolute atomic E-state index is 12.5. The van der Waals surface area contributed by atoms with Crippen LogP contribution in [0.1, 0.15) is 48.3 Å². The van der Waals surface area contributed by atoms with Crippen molar-refractivity contribution >= 4 is 12.0 Å². The first-order valence-electron chi connectivity index (χ1n) is 9.16. The molecule has 0 atom stereocenters. The van der Waals surface area contributed by atoms with Gasteiger partial charge in [-0.3, -0.25) is 4.79 Å². The summed E-state index contributed by atoms with van der Waals surface area (Å²) >= 11 is 0. The highest BCUT2D eigenvalue weighted by Crippen LogP contribution is 2.46. The van der Waals surface area contributed by atoms with Gasteiger partial charge in [-0.05, 0) is 56.6 Å². The van der Waals surface area contributed by atoms with Crippen molar-refractivity contribution in [1.82, 2.24) is 10.2 Å². The van der Waals surface area contributed by atoms with Crippen LogP contribution in [0.2, 0.25) is 0 Å². The molecule has 5 heteroatoms. The number of carbonyl (C=O) groups excluding carboxylic acids is 2. The van der Waals surface area contributed by atoms with Crippen molar-refractivity contribution in [2.45, 2.75) is 57.0 Å². The van der Waals surface area contributed by atoms with E-state index in [0.717, 1.165) is 12.8 Å². The Kier molecular flexibility index (Phi) is 3.78. The highest BCUT2D eigenvalue weighted by Gasteiger charge is 2.56. The first kappa shape index (κ1) is 16.4. The Labute approximate surface area is 148 Å². The van der Waals surface area contributed by atoms with Crippen molar-refractivity contribution in [3.63, 3.8) is 0 Å². The SMILES string of the molecule is Cc1ccc(C2CC(NC(=O)C3CC4(COC(=O)N4C)C3)C2)c(C)c1. The number of ether oxygens (including phenoxy) is 1. The van der Waals surface area contributed by atoms with Crippen LogP contribution in [0.4, 0.5) is 4.79 Å². The predicted molar refractivity (Wildman–Crippen MR) is 94.4 cm³/mol. The normalized spacial score (nSPS) is 33.6. The van der Waals surface area contributed by atoms with E-state index in [2.05, 4.69) is 37.4 Å². The van der Waals surface area contributed by atoms with Gasteiger partial charge >= 0.3 is 6.09 Å². The lowest BCUT2D eigenvalue weighted by Crippen LogP contribution is -2.59. The molecule has 1 aromatic rings. The maximum atomic E-state index is 12.5. The zero-order chi connectivity index (χ0) is 17.8. The van der Waals surface area contributed by atoms with E-state index in [-0.39, 0.29) is 29.5 Å². The smallest absolute Gasteiger partial charge is 0.410 e. The number of nitrogens with zero attached hydrogens (tertiary/aromatic N) is 1. The Balaban J connectivity index is 1.26. The Hall–Kier alpha value is -2.04. The summed E-state index contributed by atoms with van der Waals surface area (Å²) in [5.41, 5.74) is 3.83. The molecule has 1 N–H and O–H groups in total. The third-order valence-electron chi connectivity index (χ3n) is 6.42. The molecule has 0 unspecified atom stereocenters. The van der Waals surface area contributed by atoms with Gasteiger partial charge in [0, 0.05) is 19.0 Å². The summed E-state index contributed by atoms with van der Waals surface area (Å²) in [5, 5.41) is 3.20. The molecule has 3 aliphatic rings. The molecule has 1 saturated heterocycles. The number of likely N-dealkylation sites (N-methyl/N-ethyl adjacent to an activating group) is 1. The summed E-state index contributed by atoms with van der Waals surface area (Å²) in [4.78, 5) is 25.6. The van der Waals surface area contributed by atoms with Crippen LogP contribution in [0.15, 0.2) is 18.2 Å². The van der Waals surface area contributed by atoms with Gasteiger partial charge in [-0.15, -0.1) is 0 Å². The van der Waals surface area contributed by atoms with Crippen LogP contribution >= 0.6 is 0 Å². The molecule has 2 saturated carbocycles. The van der Waals surface area contributed by atoms with Crippen LogP contribution in [0.25, 0.3) is 0 Å². The monoisotopic (exact) mass is 342 g/mol. The number of hydrogen-bond donors (Lipinski definition) is 1. The van der Waals surface area contributed by atoms with Crippen molar-refractivity contribution in [2.75, 3.05) is 13.7 Å². The fourth-order valence-corrected chi connectivity index (χ4v) is 4.61. The lowest BCUT2D eigenvalue weighted by molar-refractivity contribution is -0.133. The second-order valence-corrected chi connectivity index (χ2v) is 8.18. The molecular weight excluding hydrogens is 316 g/mol. The molecule has 4 rings (SSSR count). The lowest BCUT2D eigenvalue weighted by atomic mass is 9.67. The summed E-state index contributed by atoms with van der Waals surface area (Å²) in [6, 6.07) is 6.92. The van der Waals surface area contributed by atoms with Crippen LogP contribution in [0.3, 0.4) is 0 Å². The lowest BCUT2D eigenvalue weighted by Gasteiger charge is -2.47. The molecule has 0 radical (unpaired) electrons. The third-order valence-corrected chi connectivity index (χ3v) is 6.42. The standard InChI is InChI=1S/C20H26N2O3/c1-12-4-5-17(13(2)6-12)14-7-16(8-14)21-18(23)15-9-20(10-15)11-25-19(24)22(20)3/h4-6,14-16H,7-11H2,1-3H3,(H,21,23). The van der Waals surface area contributed by atoms with Crippen molar-refractivity contribution in [3.8, 4) is 0 Å². The molecule has 1 aromatic carbocycles. The quantitative estimate of drug-likeness (QED) is 0.919. The Morgan fingerprint density at radius 3 is 2.60 bits per heavy atom. The second kappa shape index (κ2) is 5.75. The molecule has 134 valence electrons. The minimum atomic E-state index is -0.269. The highest BCUT2D eigenvalue weighted by atomic mass is 16.6. The molecule has 5 nitrogen and oxygen atoms in total. The topological polar surface area (TPSA) is 58.6 Å². The summed E-state index contributed by atoms with van der Waals surface area (Å²) < 4.78 is 5.10. The molecule has 0 aromatic heterocycles. The van der Waals surface area contributed by atoms with Gasteiger partial charge in [-0.2, -0.15) is 0 Å². The Morgan fingerprint density at radius 1 is 1.28 bits per heavy atom. The molecule has 1 heterocycles. The van der Waals surface area contributed by atoms with Crippen LogP contribution in [-0.4, -0.2) is 42.1 Å². The number of aryl methyl sites for hydroxylation is 2. The number of benzene rings is 1. The summed E-state index contributed by atoms with van der Waals surface area (Å²) in [5.74, 6) is 0.713. The molecule has 1 aliphatic heterocycles. The number of carbonyl (C=O) groups is 2. The van der Waals surface area contributed by atoms with Crippen molar-refractivity contribution < 1.29 is 14.3 Å². The first-order valence-corrected chi connectivity index (χ1v) is 9.16. The van der Waals surface area contributed by atoms with Crippen LogP contribution < -0.4 is 5.32 Å². The second-order valence-electron chi connectivity index (χ2n) is 8.18. The molecule has 2 amide bonds.